The average molecular weight is 369 g/mol. The molecule has 0 atom stereocenters. The standard InChI is InChI=1S/C19H19N3O5/c23-17(24)12-22-8-9-27-16-7-6-14(10-15(16)18(22)25)21-19(26)20-11-13-4-2-1-3-5-13/h1-7,10H,8-9,11-12H2,(H,23,24)(H2,20,21,26). The van der Waals surface area contributed by atoms with Crippen LogP contribution in [-0.2, 0) is 11.3 Å². The van der Waals surface area contributed by atoms with E-state index in [0.717, 1.165) is 5.56 Å². The van der Waals surface area contributed by atoms with Crippen molar-refractivity contribution in [2.75, 3.05) is 25.0 Å². The number of hydrogen-bond acceptors (Lipinski definition) is 4. The number of benzene rings is 2. The van der Waals surface area contributed by atoms with Crippen LogP contribution in [0.3, 0.4) is 0 Å². The van der Waals surface area contributed by atoms with E-state index in [2.05, 4.69) is 10.6 Å². The fourth-order valence-corrected chi connectivity index (χ4v) is 2.71. The number of carbonyl (C=O) groups is 3. The Morgan fingerprint density at radius 2 is 1.93 bits per heavy atom. The van der Waals surface area contributed by atoms with Crippen molar-refractivity contribution in [1.82, 2.24) is 10.2 Å². The minimum atomic E-state index is -1.10. The highest BCUT2D eigenvalue weighted by molar-refractivity contribution is 6.00. The van der Waals surface area contributed by atoms with Crippen LogP contribution in [0.25, 0.3) is 0 Å². The normalized spacial score (nSPS) is 13.2. The number of anilines is 1. The van der Waals surface area contributed by atoms with Crippen LogP contribution in [0.2, 0.25) is 0 Å². The topological polar surface area (TPSA) is 108 Å². The molecule has 27 heavy (non-hydrogen) atoms. The van der Waals surface area contributed by atoms with Crippen molar-refractivity contribution in [3.63, 3.8) is 0 Å². The molecular formula is C19H19N3O5. The van der Waals surface area contributed by atoms with Crippen molar-refractivity contribution in [1.29, 1.82) is 0 Å². The Kier molecular flexibility index (Phi) is 5.55. The van der Waals surface area contributed by atoms with E-state index >= 15 is 0 Å². The first-order chi connectivity index (χ1) is 13.0. The van der Waals surface area contributed by atoms with Gasteiger partial charge in [-0.2, -0.15) is 0 Å². The first kappa shape index (κ1) is 18.2. The van der Waals surface area contributed by atoms with Crippen molar-refractivity contribution >= 4 is 23.6 Å². The first-order valence-corrected chi connectivity index (χ1v) is 8.39. The Balaban J connectivity index is 1.68. The number of nitrogens with one attached hydrogen (secondary N) is 2. The molecular weight excluding hydrogens is 350 g/mol. The minimum absolute atomic E-state index is 0.181. The molecule has 0 spiro atoms. The number of carbonyl (C=O) groups excluding carboxylic acids is 2. The van der Waals surface area contributed by atoms with E-state index in [1.54, 1.807) is 12.1 Å². The molecule has 3 N–H and O–H groups in total. The maximum Gasteiger partial charge on any atom is 0.323 e. The lowest BCUT2D eigenvalue weighted by Crippen LogP contribution is -2.36. The lowest BCUT2D eigenvalue weighted by Gasteiger charge is -2.17. The van der Waals surface area contributed by atoms with Crippen LogP contribution >= 0.6 is 0 Å². The smallest absolute Gasteiger partial charge is 0.323 e. The maximum absolute atomic E-state index is 12.6. The van der Waals surface area contributed by atoms with Crippen LogP contribution in [0.4, 0.5) is 10.5 Å². The molecule has 0 unspecified atom stereocenters. The predicted octanol–water partition coefficient (Wildman–Crippen LogP) is 1.93. The van der Waals surface area contributed by atoms with Crippen LogP contribution in [0.1, 0.15) is 15.9 Å². The summed E-state index contributed by atoms with van der Waals surface area (Å²) in [6.07, 6.45) is 0. The summed E-state index contributed by atoms with van der Waals surface area (Å²) >= 11 is 0. The summed E-state index contributed by atoms with van der Waals surface area (Å²) < 4.78 is 5.51. The van der Waals surface area contributed by atoms with Crippen molar-refractivity contribution in [3.05, 3.63) is 59.7 Å². The van der Waals surface area contributed by atoms with Gasteiger partial charge in [0.2, 0.25) is 0 Å². The second-order valence-electron chi connectivity index (χ2n) is 5.97. The highest BCUT2D eigenvalue weighted by Gasteiger charge is 2.25. The van der Waals surface area contributed by atoms with Gasteiger partial charge >= 0.3 is 12.0 Å². The molecule has 8 nitrogen and oxygen atoms in total. The third-order valence-electron chi connectivity index (χ3n) is 4.00. The summed E-state index contributed by atoms with van der Waals surface area (Å²) in [5.74, 6) is -1.18. The SMILES string of the molecule is O=C(O)CN1CCOc2ccc(NC(=O)NCc3ccccc3)cc2C1=O. The number of amides is 3. The van der Waals surface area contributed by atoms with Crippen molar-refractivity contribution in [2.45, 2.75) is 6.54 Å². The van der Waals surface area contributed by atoms with Gasteiger partial charge in [0, 0.05) is 12.2 Å². The zero-order valence-electron chi connectivity index (χ0n) is 14.5. The van der Waals surface area contributed by atoms with Crippen LogP contribution in [-0.4, -0.2) is 47.6 Å². The van der Waals surface area contributed by atoms with Crippen LogP contribution < -0.4 is 15.4 Å². The Hall–Kier alpha value is -3.55. The van der Waals surface area contributed by atoms with E-state index < -0.39 is 24.5 Å². The number of aliphatic carboxylic acids is 1. The summed E-state index contributed by atoms with van der Waals surface area (Å²) in [4.78, 5) is 36.8. The second kappa shape index (κ2) is 8.22. The van der Waals surface area contributed by atoms with Gasteiger partial charge in [0.25, 0.3) is 5.91 Å². The molecule has 0 saturated carbocycles. The number of fused-ring (bicyclic) bond motifs is 1. The number of hydrogen-bond donors (Lipinski definition) is 3. The number of rotatable bonds is 5. The maximum atomic E-state index is 12.6. The molecule has 8 heteroatoms. The van der Waals surface area contributed by atoms with Gasteiger partial charge in [-0.15, -0.1) is 0 Å². The van der Waals surface area contributed by atoms with E-state index in [-0.39, 0.29) is 18.7 Å². The number of nitrogens with zero attached hydrogens (tertiary/aromatic N) is 1. The Bertz CT molecular complexity index is 854. The number of urea groups is 1. The Morgan fingerprint density at radius 1 is 1.15 bits per heavy atom. The van der Waals surface area contributed by atoms with Gasteiger partial charge in [-0.1, -0.05) is 30.3 Å². The van der Waals surface area contributed by atoms with E-state index in [1.807, 2.05) is 30.3 Å². The lowest BCUT2D eigenvalue weighted by molar-refractivity contribution is -0.137. The van der Waals surface area contributed by atoms with Gasteiger partial charge in [0.05, 0.1) is 12.1 Å². The quantitative estimate of drug-likeness (QED) is 0.746. The number of carboxylic acids is 1. The minimum Gasteiger partial charge on any atom is -0.491 e. The molecule has 1 aliphatic heterocycles. The van der Waals surface area contributed by atoms with Crippen molar-refractivity contribution < 1.29 is 24.2 Å². The highest BCUT2D eigenvalue weighted by Crippen LogP contribution is 2.26. The molecule has 1 aliphatic rings. The molecule has 140 valence electrons. The molecule has 2 aromatic rings. The zero-order chi connectivity index (χ0) is 19.2. The van der Waals surface area contributed by atoms with Gasteiger partial charge in [-0.05, 0) is 23.8 Å². The van der Waals surface area contributed by atoms with Crippen molar-refractivity contribution in [2.24, 2.45) is 0 Å². The molecule has 0 radical (unpaired) electrons. The van der Waals surface area contributed by atoms with Gasteiger partial charge in [0.15, 0.2) is 0 Å². The highest BCUT2D eigenvalue weighted by atomic mass is 16.5. The molecule has 3 rings (SSSR count). The van der Waals surface area contributed by atoms with E-state index in [9.17, 15) is 14.4 Å². The summed E-state index contributed by atoms with van der Waals surface area (Å²) in [7, 11) is 0. The third-order valence-corrected chi connectivity index (χ3v) is 4.00. The van der Waals surface area contributed by atoms with E-state index in [4.69, 9.17) is 9.84 Å². The van der Waals surface area contributed by atoms with Crippen LogP contribution in [0, 0.1) is 0 Å². The molecule has 3 amide bonds. The number of ether oxygens (including phenoxy) is 1. The summed E-state index contributed by atoms with van der Waals surface area (Å²) in [5, 5.41) is 14.3. The zero-order valence-corrected chi connectivity index (χ0v) is 14.5. The van der Waals surface area contributed by atoms with E-state index in [1.165, 1.54) is 11.0 Å². The lowest BCUT2D eigenvalue weighted by atomic mass is 10.1. The van der Waals surface area contributed by atoms with Crippen molar-refractivity contribution in [3.8, 4) is 5.75 Å². The van der Waals surface area contributed by atoms with Gasteiger partial charge in [0.1, 0.15) is 18.9 Å². The molecule has 2 aromatic carbocycles. The summed E-state index contributed by atoms with van der Waals surface area (Å²) in [6, 6.07) is 13.7. The van der Waals surface area contributed by atoms with E-state index in [0.29, 0.717) is 18.0 Å². The second-order valence-corrected chi connectivity index (χ2v) is 5.97. The van der Waals surface area contributed by atoms with Gasteiger partial charge in [-0.3, -0.25) is 9.59 Å². The van der Waals surface area contributed by atoms with Gasteiger partial charge < -0.3 is 25.4 Å². The monoisotopic (exact) mass is 369 g/mol. The van der Waals surface area contributed by atoms with Gasteiger partial charge in [-0.25, -0.2) is 4.79 Å². The predicted molar refractivity (Wildman–Crippen MR) is 97.8 cm³/mol. The summed E-state index contributed by atoms with van der Waals surface area (Å²) in [5.41, 5.74) is 1.59. The molecule has 0 bridgehead atoms. The third kappa shape index (κ3) is 4.75. The first-order valence-electron chi connectivity index (χ1n) is 8.39. The molecule has 0 fully saturated rings. The Morgan fingerprint density at radius 3 is 2.67 bits per heavy atom. The molecule has 0 saturated heterocycles. The number of carboxylic acid groups (broad SMARTS) is 1. The fourth-order valence-electron chi connectivity index (χ4n) is 2.71. The average Bonchev–Trinajstić information content (AvgIpc) is 2.80. The fraction of sp³-hybridized carbons (Fsp3) is 0.211. The van der Waals surface area contributed by atoms with Crippen LogP contribution in [0.15, 0.2) is 48.5 Å². The molecule has 1 heterocycles. The van der Waals surface area contributed by atoms with Crippen LogP contribution in [0.5, 0.6) is 5.75 Å². The summed E-state index contributed by atoms with van der Waals surface area (Å²) in [6.45, 7) is 0.347. The molecule has 0 aliphatic carbocycles. The molecule has 0 aromatic heterocycles. The Labute approximate surface area is 155 Å². The largest absolute Gasteiger partial charge is 0.491 e.